The van der Waals surface area contributed by atoms with Crippen LogP contribution in [0.4, 0.5) is 13.2 Å². The first-order chi connectivity index (χ1) is 20.5. The maximum Gasteiger partial charge on any atom is 0.166 e. The number of halogens is 3. The van der Waals surface area contributed by atoms with E-state index in [1.807, 2.05) is 25.1 Å². The second-order valence-electron chi connectivity index (χ2n) is 12.5. The van der Waals surface area contributed by atoms with Crippen molar-refractivity contribution in [2.75, 3.05) is 0 Å². The third-order valence-corrected chi connectivity index (χ3v) is 9.81. The molecule has 1 atom stereocenters. The Kier molecular flexibility index (Phi) is 10.4. The van der Waals surface area contributed by atoms with Gasteiger partial charge in [-0.25, -0.2) is 13.2 Å². The molecule has 0 saturated heterocycles. The van der Waals surface area contributed by atoms with Crippen LogP contribution in [-0.4, -0.2) is 0 Å². The molecular formula is C39H45F3. The number of hydrogen-bond acceptors (Lipinski definition) is 0. The lowest BCUT2D eigenvalue weighted by Crippen LogP contribution is -2.23. The lowest BCUT2D eigenvalue weighted by Gasteiger charge is -2.35. The van der Waals surface area contributed by atoms with Crippen molar-refractivity contribution in [2.45, 2.75) is 90.9 Å². The molecule has 0 spiro atoms. The first-order valence-corrected chi connectivity index (χ1v) is 16.2. The van der Waals surface area contributed by atoms with Crippen LogP contribution in [0.15, 0.2) is 72.8 Å². The van der Waals surface area contributed by atoms with Gasteiger partial charge in [0, 0.05) is 11.1 Å². The standard InChI is InChI=1S/C39H45F3/c1-3-5-7-8-27-10-12-28(13-11-27)29-14-16-30(17-15-29)34-23-24-35(37(40)26-34)31-18-20-32(21-19-31)36-25-22-33(9-6-4-2)38(41)39(36)42/h4,6,16,18-29H,3,5,7-15,17H2,1-2H3/b6-4-. The fourth-order valence-electron chi connectivity index (χ4n) is 7.17. The minimum absolute atomic E-state index is 0.210. The summed E-state index contributed by atoms with van der Waals surface area (Å²) in [5.41, 5.74) is 4.58. The van der Waals surface area contributed by atoms with Crippen molar-refractivity contribution in [2.24, 2.45) is 17.8 Å². The smallest absolute Gasteiger partial charge is 0.166 e. The molecule has 0 heterocycles. The Hall–Kier alpha value is -3.07. The molecule has 0 N–H and O–H groups in total. The fraction of sp³-hybridized carbons (Fsp3) is 0.436. The van der Waals surface area contributed by atoms with Crippen molar-refractivity contribution in [3.05, 3.63) is 101 Å². The van der Waals surface area contributed by atoms with Gasteiger partial charge in [0.15, 0.2) is 11.6 Å². The molecule has 222 valence electrons. The van der Waals surface area contributed by atoms with E-state index in [1.54, 1.807) is 48.5 Å². The summed E-state index contributed by atoms with van der Waals surface area (Å²) >= 11 is 0. The largest absolute Gasteiger partial charge is 0.206 e. The summed E-state index contributed by atoms with van der Waals surface area (Å²) in [5, 5.41) is 0. The quantitative estimate of drug-likeness (QED) is 0.168. The van der Waals surface area contributed by atoms with Gasteiger partial charge < -0.3 is 0 Å². The van der Waals surface area contributed by atoms with Crippen LogP contribution in [0.5, 0.6) is 0 Å². The molecule has 1 fully saturated rings. The van der Waals surface area contributed by atoms with Crippen LogP contribution in [0.25, 0.3) is 27.8 Å². The Balaban J connectivity index is 1.21. The molecule has 0 aromatic heterocycles. The van der Waals surface area contributed by atoms with Crippen molar-refractivity contribution in [1.82, 2.24) is 0 Å². The summed E-state index contributed by atoms with van der Waals surface area (Å²) in [6.45, 7) is 4.13. The van der Waals surface area contributed by atoms with Gasteiger partial charge in [-0.05, 0) is 97.1 Å². The van der Waals surface area contributed by atoms with Crippen molar-refractivity contribution < 1.29 is 13.2 Å². The normalized spacial score (nSPS) is 21.1. The first kappa shape index (κ1) is 30.4. The molecule has 1 unspecified atom stereocenters. The Morgan fingerprint density at radius 2 is 1.43 bits per heavy atom. The molecule has 3 heteroatoms. The molecule has 1 saturated carbocycles. The molecule has 3 aromatic carbocycles. The molecule has 3 aromatic rings. The molecule has 2 aliphatic carbocycles. The van der Waals surface area contributed by atoms with Crippen LogP contribution in [0.3, 0.4) is 0 Å². The predicted octanol–water partition coefficient (Wildman–Crippen LogP) is 12.1. The van der Waals surface area contributed by atoms with Crippen LogP contribution in [0.1, 0.15) is 95.6 Å². The van der Waals surface area contributed by atoms with Gasteiger partial charge in [0.1, 0.15) is 5.82 Å². The minimum Gasteiger partial charge on any atom is -0.206 e. The summed E-state index contributed by atoms with van der Waals surface area (Å²) in [6.07, 6.45) is 20.8. The zero-order valence-corrected chi connectivity index (χ0v) is 25.3. The van der Waals surface area contributed by atoms with E-state index in [0.29, 0.717) is 23.1 Å². The van der Waals surface area contributed by atoms with Crippen LogP contribution in [0, 0.1) is 35.2 Å². The van der Waals surface area contributed by atoms with E-state index in [9.17, 15) is 8.78 Å². The Bertz CT molecular complexity index is 1390. The maximum atomic E-state index is 15.4. The van der Waals surface area contributed by atoms with Gasteiger partial charge in [-0.3, -0.25) is 0 Å². The maximum absolute atomic E-state index is 15.4. The highest BCUT2D eigenvalue weighted by Gasteiger charge is 2.28. The molecule has 0 aliphatic heterocycles. The van der Waals surface area contributed by atoms with Gasteiger partial charge in [0.25, 0.3) is 0 Å². The van der Waals surface area contributed by atoms with Crippen molar-refractivity contribution in [3.8, 4) is 22.3 Å². The molecular weight excluding hydrogens is 525 g/mol. The summed E-state index contributed by atoms with van der Waals surface area (Å²) in [6, 6.07) is 15.8. The Morgan fingerprint density at radius 1 is 0.738 bits per heavy atom. The Labute approximate surface area is 250 Å². The molecule has 0 amide bonds. The number of unbranched alkanes of at least 4 members (excludes halogenated alkanes) is 2. The van der Waals surface area contributed by atoms with E-state index in [2.05, 4.69) is 13.0 Å². The molecule has 0 nitrogen and oxygen atoms in total. The SMILES string of the molecule is C/C=C\Cc1ccc(-c2ccc(-c3ccc(C4=CCC(C5CCC(CCCCC)CC5)CC4)cc3F)cc2)c(F)c1F. The minimum atomic E-state index is -0.849. The predicted molar refractivity (Wildman–Crippen MR) is 171 cm³/mol. The molecule has 0 bridgehead atoms. The van der Waals surface area contributed by atoms with Gasteiger partial charge in [0.05, 0.1) is 0 Å². The van der Waals surface area contributed by atoms with E-state index in [1.165, 1.54) is 63.4 Å². The topological polar surface area (TPSA) is 0 Å². The summed E-state index contributed by atoms with van der Waals surface area (Å²) in [4.78, 5) is 0. The third-order valence-electron chi connectivity index (χ3n) is 9.81. The van der Waals surface area contributed by atoms with Crippen LogP contribution in [-0.2, 0) is 6.42 Å². The summed E-state index contributed by atoms with van der Waals surface area (Å²) in [5.74, 6) is 0.659. The van der Waals surface area contributed by atoms with Crippen LogP contribution < -0.4 is 0 Å². The van der Waals surface area contributed by atoms with Gasteiger partial charge in [-0.15, -0.1) is 0 Å². The third kappa shape index (κ3) is 7.10. The van der Waals surface area contributed by atoms with Crippen LogP contribution >= 0.6 is 0 Å². The van der Waals surface area contributed by atoms with Gasteiger partial charge >= 0.3 is 0 Å². The van der Waals surface area contributed by atoms with Crippen LogP contribution in [0.2, 0.25) is 0 Å². The molecule has 2 aliphatic rings. The second-order valence-corrected chi connectivity index (χ2v) is 12.5. The first-order valence-electron chi connectivity index (χ1n) is 16.2. The lowest BCUT2D eigenvalue weighted by atomic mass is 9.70. The van der Waals surface area contributed by atoms with E-state index >= 15 is 4.39 Å². The Morgan fingerprint density at radius 3 is 2.07 bits per heavy atom. The number of rotatable bonds is 10. The highest BCUT2D eigenvalue weighted by molar-refractivity contribution is 5.74. The average molecular weight is 571 g/mol. The number of hydrogen-bond donors (Lipinski definition) is 0. The van der Waals surface area contributed by atoms with Crippen molar-refractivity contribution >= 4 is 5.57 Å². The molecule has 5 rings (SSSR count). The van der Waals surface area contributed by atoms with Gasteiger partial charge in [-0.1, -0.05) is 112 Å². The second kappa shape index (κ2) is 14.4. The highest BCUT2D eigenvalue weighted by atomic mass is 19.2. The number of benzene rings is 3. The molecule has 0 radical (unpaired) electrons. The summed E-state index contributed by atoms with van der Waals surface area (Å²) < 4.78 is 44.7. The monoisotopic (exact) mass is 570 g/mol. The van der Waals surface area contributed by atoms with Crippen molar-refractivity contribution in [3.63, 3.8) is 0 Å². The fourth-order valence-corrected chi connectivity index (χ4v) is 7.17. The molecule has 42 heavy (non-hydrogen) atoms. The van der Waals surface area contributed by atoms with E-state index < -0.39 is 11.6 Å². The lowest BCUT2D eigenvalue weighted by molar-refractivity contribution is 0.187. The highest BCUT2D eigenvalue weighted by Crippen LogP contribution is 2.42. The van der Waals surface area contributed by atoms with E-state index in [0.717, 1.165) is 41.7 Å². The van der Waals surface area contributed by atoms with Crippen molar-refractivity contribution in [1.29, 1.82) is 0 Å². The zero-order valence-electron chi connectivity index (χ0n) is 25.3. The van der Waals surface area contributed by atoms with E-state index in [4.69, 9.17) is 0 Å². The number of allylic oxidation sites excluding steroid dienone is 4. The van der Waals surface area contributed by atoms with E-state index in [-0.39, 0.29) is 11.4 Å². The van der Waals surface area contributed by atoms with Gasteiger partial charge in [0.2, 0.25) is 0 Å². The average Bonchev–Trinajstić information content (AvgIpc) is 3.02. The van der Waals surface area contributed by atoms with Gasteiger partial charge in [-0.2, -0.15) is 0 Å². The zero-order chi connectivity index (χ0) is 29.5. The summed E-state index contributed by atoms with van der Waals surface area (Å²) in [7, 11) is 0.